The first kappa shape index (κ1) is 10.6. The molecule has 1 fully saturated rings. The molecule has 2 rings (SSSR count). The fourth-order valence-corrected chi connectivity index (χ4v) is 1.54. The summed E-state index contributed by atoms with van der Waals surface area (Å²) in [5.74, 6) is 2.78. The zero-order valence-corrected chi connectivity index (χ0v) is 9.19. The van der Waals surface area contributed by atoms with Gasteiger partial charge in [0.1, 0.15) is 0 Å². The summed E-state index contributed by atoms with van der Waals surface area (Å²) >= 11 is 0. The van der Waals surface area contributed by atoms with E-state index in [1.807, 2.05) is 0 Å². The average molecular weight is 211 g/mol. The Morgan fingerprint density at radius 1 is 1.60 bits per heavy atom. The SMILES string of the molecule is COCCNCc1nc(C2CC2C)no1. The van der Waals surface area contributed by atoms with Crippen LogP contribution >= 0.6 is 0 Å². The van der Waals surface area contributed by atoms with Gasteiger partial charge in [-0.1, -0.05) is 12.1 Å². The van der Waals surface area contributed by atoms with Gasteiger partial charge in [-0.15, -0.1) is 0 Å². The van der Waals surface area contributed by atoms with E-state index in [0.717, 1.165) is 18.3 Å². The first-order valence-electron chi connectivity index (χ1n) is 5.33. The summed E-state index contributed by atoms with van der Waals surface area (Å²) in [6.07, 6.45) is 1.19. The molecule has 1 aromatic heterocycles. The Bertz CT molecular complexity index is 313. The molecule has 5 nitrogen and oxygen atoms in total. The van der Waals surface area contributed by atoms with Crippen LogP contribution < -0.4 is 5.32 Å². The summed E-state index contributed by atoms with van der Waals surface area (Å²) in [4.78, 5) is 4.34. The normalized spacial score (nSPS) is 24.4. The van der Waals surface area contributed by atoms with Crippen molar-refractivity contribution in [1.82, 2.24) is 15.5 Å². The number of ether oxygens (including phenoxy) is 1. The lowest BCUT2D eigenvalue weighted by Gasteiger charge is -1.98. The highest BCUT2D eigenvalue weighted by molar-refractivity contribution is 5.07. The zero-order chi connectivity index (χ0) is 10.7. The van der Waals surface area contributed by atoms with Crippen LogP contribution in [0.1, 0.15) is 31.0 Å². The average Bonchev–Trinajstić information content (AvgIpc) is 2.80. The van der Waals surface area contributed by atoms with Crippen molar-refractivity contribution in [2.24, 2.45) is 5.92 Å². The van der Waals surface area contributed by atoms with Crippen LogP contribution in [0.15, 0.2) is 4.52 Å². The number of hydrogen-bond donors (Lipinski definition) is 1. The largest absolute Gasteiger partial charge is 0.383 e. The minimum atomic E-state index is 0.529. The molecule has 2 atom stereocenters. The molecule has 0 aromatic carbocycles. The van der Waals surface area contributed by atoms with Crippen molar-refractivity contribution in [1.29, 1.82) is 0 Å². The second kappa shape index (κ2) is 4.72. The van der Waals surface area contributed by atoms with Gasteiger partial charge in [0.25, 0.3) is 0 Å². The zero-order valence-electron chi connectivity index (χ0n) is 9.19. The highest BCUT2D eigenvalue weighted by atomic mass is 16.5. The highest BCUT2D eigenvalue weighted by Crippen LogP contribution is 2.45. The molecule has 1 aromatic rings. The van der Waals surface area contributed by atoms with E-state index in [4.69, 9.17) is 9.26 Å². The standard InChI is InChI=1S/C10H17N3O2/c1-7-5-8(7)10-12-9(15-13-10)6-11-3-4-14-2/h7-8,11H,3-6H2,1-2H3. The first-order valence-corrected chi connectivity index (χ1v) is 5.33. The van der Waals surface area contributed by atoms with Gasteiger partial charge in [0.05, 0.1) is 13.2 Å². The molecule has 84 valence electrons. The van der Waals surface area contributed by atoms with Gasteiger partial charge in [0.15, 0.2) is 5.82 Å². The van der Waals surface area contributed by atoms with E-state index in [-0.39, 0.29) is 0 Å². The van der Waals surface area contributed by atoms with Gasteiger partial charge in [-0.05, 0) is 12.3 Å². The fourth-order valence-electron chi connectivity index (χ4n) is 1.54. The summed E-state index contributed by atoms with van der Waals surface area (Å²) in [5.41, 5.74) is 0. The number of nitrogens with zero attached hydrogens (tertiary/aromatic N) is 2. The number of rotatable bonds is 6. The van der Waals surface area contributed by atoms with Gasteiger partial charge >= 0.3 is 0 Å². The van der Waals surface area contributed by atoms with Crippen LogP contribution in [0.3, 0.4) is 0 Å². The molecule has 0 radical (unpaired) electrons. The fraction of sp³-hybridized carbons (Fsp3) is 0.800. The van der Waals surface area contributed by atoms with Crippen molar-refractivity contribution < 1.29 is 9.26 Å². The van der Waals surface area contributed by atoms with Gasteiger partial charge < -0.3 is 14.6 Å². The van der Waals surface area contributed by atoms with Crippen LogP contribution in [0.5, 0.6) is 0 Å². The first-order chi connectivity index (χ1) is 7.31. The lowest BCUT2D eigenvalue weighted by atomic mass is 10.3. The molecule has 0 aliphatic heterocycles. The van der Waals surface area contributed by atoms with Crippen molar-refractivity contribution in [3.05, 3.63) is 11.7 Å². The smallest absolute Gasteiger partial charge is 0.240 e. The number of nitrogens with one attached hydrogen (secondary N) is 1. The molecule has 1 aliphatic carbocycles. The molecule has 1 heterocycles. The molecule has 5 heteroatoms. The van der Waals surface area contributed by atoms with Crippen molar-refractivity contribution in [3.63, 3.8) is 0 Å². The van der Waals surface area contributed by atoms with E-state index < -0.39 is 0 Å². The van der Waals surface area contributed by atoms with Gasteiger partial charge in [0.2, 0.25) is 5.89 Å². The van der Waals surface area contributed by atoms with E-state index in [2.05, 4.69) is 22.4 Å². The predicted molar refractivity (Wildman–Crippen MR) is 54.4 cm³/mol. The molecule has 0 bridgehead atoms. The Kier molecular flexibility index (Phi) is 3.33. The molecular weight excluding hydrogens is 194 g/mol. The van der Waals surface area contributed by atoms with Crippen molar-refractivity contribution in [3.8, 4) is 0 Å². The maximum absolute atomic E-state index is 5.13. The van der Waals surface area contributed by atoms with Crippen LogP contribution in [0.4, 0.5) is 0 Å². The Labute approximate surface area is 89.2 Å². The molecule has 0 saturated heterocycles. The van der Waals surface area contributed by atoms with E-state index in [0.29, 0.717) is 25.0 Å². The van der Waals surface area contributed by atoms with Crippen molar-refractivity contribution >= 4 is 0 Å². The second-order valence-electron chi connectivity index (χ2n) is 4.04. The maximum Gasteiger partial charge on any atom is 0.240 e. The molecule has 2 unspecified atom stereocenters. The van der Waals surface area contributed by atoms with E-state index in [1.54, 1.807) is 7.11 Å². The van der Waals surface area contributed by atoms with Crippen molar-refractivity contribution in [2.75, 3.05) is 20.3 Å². The van der Waals surface area contributed by atoms with E-state index >= 15 is 0 Å². The lowest BCUT2D eigenvalue weighted by molar-refractivity contribution is 0.197. The third-order valence-electron chi connectivity index (χ3n) is 2.68. The summed E-state index contributed by atoms with van der Waals surface area (Å²) in [6.45, 7) is 4.32. The number of aromatic nitrogens is 2. The highest BCUT2D eigenvalue weighted by Gasteiger charge is 2.37. The molecular formula is C10H17N3O2. The predicted octanol–water partition coefficient (Wildman–Crippen LogP) is 0.929. The van der Waals surface area contributed by atoms with Gasteiger partial charge in [0, 0.05) is 19.6 Å². The number of methoxy groups -OCH3 is 1. The topological polar surface area (TPSA) is 60.2 Å². The minimum absolute atomic E-state index is 0.529. The second-order valence-corrected chi connectivity index (χ2v) is 4.04. The van der Waals surface area contributed by atoms with Gasteiger partial charge in [-0.2, -0.15) is 4.98 Å². The third-order valence-corrected chi connectivity index (χ3v) is 2.68. The van der Waals surface area contributed by atoms with Crippen LogP contribution in [0.2, 0.25) is 0 Å². The Hall–Kier alpha value is -0.940. The van der Waals surface area contributed by atoms with Gasteiger partial charge in [-0.25, -0.2) is 0 Å². The summed E-state index contributed by atoms with van der Waals surface area (Å²) < 4.78 is 10.0. The summed E-state index contributed by atoms with van der Waals surface area (Å²) in [5, 5.41) is 7.14. The van der Waals surface area contributed by atoms with Gasteiger partial charge in [-0.3, -0.25) is 0 Å². The monoisotopic (exact) mass is 211 g/mol. The van der Waals surface area contributed by atoms with Crippen LogP contribution in [0.25, 0.3) is 0 Å². The van der Waals surface area contributed by atoms with Crippen LogP contribution in [-0.4, -0.2) is 30.4 Å². The third kappa shape index (κ3) is 2.76. The Balaban J connectivity index is 1.75. The quantitative estimate of drug-likeness (QED) is 0.709. The molecule has 1 saturated carbocycles. The van der Waals surface area contributed by atoms with Crippen LogP contribution in [-0.2, 0) is 11.3 Å². The summed E-state index contributed by atoms with van der Waals surface area (Å²) in [6, 6.07) is 0. The molecule has 0 amide bonds. The molecule has 0 spiro atoms. The van der Waals surface area contributed by atoms with Crippen LogP contribution in [0, 0.1) is 5.92 Å². The van der Waals surface area contributed by atoms with Crippen molar-refractivity contribution in [2.45, 2.75) is 25.8 Å². The Morgan fingerprint density at radius 3 is 3.07 bits per heavy atom. The van der Waals surface area contributed by atoms with E-state index in [1.165, 1.54) is 6.42 Å². The summed E-state index contributed by atoms with van der Waals surface area (Å²) in [7, 11) is 1.68. The Morgan fingerprint density at radius 2 is 2.40 bits per heavy atom. The number of hydrogen-bond acceptors (Lipinski definition) is 5. The molecule has 1 aliphatic rings. The lowest BCUT2D eigenvalue weighted by Crippen LogP contribution is -2.18. The minimum Gasteiger partial charge on any atom is -0.383 e. The maximum atomic E-state index is 5.13. The van der Waals surface area contributed by atoms with E-state index in [9.17, 15) is 0 Å². The molecule has 1 N–H and O–H groups in total. The molecule has 15 heavy (non-hydrogen) atoms.